The van der Waals surface area contributed by atoms with Crippen molar-refractivity contribution in [2.45, 2.75) is 62.9 Å². The van der Waals surface area contributed by atoms with Gasteiger partial charge in [-0.25, -0.2) is 18.0 Å². The van der Waals surface area contributed by atoms with Crippen LogP contribution in [0.5, 0.6) is 0 Å². The summed E-state index contributed by atoms with van der Waals surface area (Å²) in [6.45, 7) is 2.52. The molecule has 0 atom stereocenters. The minimum atomic E-state index is -3.68. The summed E-state index contributed by atoms with van der Waals surface area (Å²) in [6.07, 6.45) is 4.82. The average Bonchev–Trinajstić information content (AvgIpc) is 3.29. The average molecular weight is 564 g/mol. The Labute approximate surface area is 226 Å². The van der Waals surface area contributed by atoms with E-state index in [-0.39, 0.29) is 35.2 Å². The molecule has 10 nitrogen and oxygen atoms in total. The summed E-state index contributed by atoms with van der Waals surface area (Å²) in [5, 5.41) is 3.13. The molecule has 0 bridgehead atoms. The van der Waals surface area contributed by atoms with Crippen LogP contribution in [0.1, 0.15) is 70.2 Å². The Bertz CT molecular complexity index is 1300. The second-order valence-electron chi connectivity index (χ2n) is 9.36. The SMILES string of the molecule is CCOC(=O)c1c(NC(=O)c2ccc(S(=O)(=O)N(C)C3CCCCC3)cc2)sc2c1CCN(C(=O)OC)C2. The molecule has 0 saturated heterocycles. The molecule has 1 N–H and O–H groups in total. The fourth-order valence-electron chi connectivity index (χ4n) is 4.96. The number of fused-ring (bicyclic) bond motifs is 1. The molecule has 0 spiro atoms. The predicted molar refractivity (Wildman–Crippen MR) is 143 cm³/mol. The number of amides is 2. The first kappa shape index (κ1) is 28.1. The molecule has 1 fully saturated rings. The fourth-order valence-corrected chi connectivity index (χ4v) is 7.62. The number of nitrogens with one attached hydrogen (secondary N) is 1. The van der Waals surface area contributed by atoms with Gasteiger partial charge in [0, 0.05) is 30.1 Å². The summed E-state index contributed by atoms with van der Waals surface area (Å²) in [4.78, 5) is 40.3. The van der Waals surface area contributed by atoms with E-state index in [0.717, 1.165) is 42.5 Å². The van der Waals surface area contributed by atoms with Crippen molar-refractivity contribution in [2.24, 2.45) is 0 Å². The summed E-state index contributed by atoms with van der Waals surface area (Å²) in [7, 11) is -0.755. The molecule has 2 aromatic rings. The Morgan fingerprint density at radius 2 is 1.82 bits per heavy atom. The molecule has 0 unspecified atom stereocenters. The second-order valence-corrected chi connectivity index (χ2v) is 12.5. The standard InChI is InChI=1S/C26H33N3O7S2/c1-4-36-25(31)22-20-14-15-29(26(32)35-3)16-21(20)37-24(22)27-23(30)17-10-12-19(13-11-17)38(33,34)28(2)18-8-6-5-7-9-18/h10-13,18H,4-9,14-16H2,1-3H3,(H,27,30). The fraction of sp³-hybridized carbons (Fsp3) is 0.500. The lowest BCUT2D eigenvalue weighted by Gasteiger charge is -2.30. The number of hydrogen-bond donors (Lipinski definition) is 1. The van der Waals surface area contributed by atoms with Crippen LogP contribution in [0.2, 0.25) is 0 Å². The number of thiophene rings is 1. The number of anilines is 1. The number of nitrogens with zero attached hydrogens (tertiary/aromatic N) is 2. The Kier molecular flexibility index (Phi) is 8.74. The third kappa shape index (κ3) is 5.71. The van der Waals surface area contributed by atoms with Gasteiger partial charge < -0.3 is 19.7 Å². The lowest BCUT2D eigenvalue weighted by molar-refractivity contribution is 0.0526. The highest BCUT2D eigenvalue weighted by Gasteiger charge is 2.32. The zero-order valence-electron chi connectivity index (χ0n) is 21.8. The Morgan fingerprint density at radius 3 is 2.45 bits per heavy atom. The van der Waals surface area contributed by atoms with Gasteiger partial charge in [-0.3, -0.25) is 4.79 Å². The van der Waals surface area contributed by atoms with Crippen molar-refractivity contribution in [3.63, 3.8) is 0 Å². The number of esters is 1. The highest BCUT2D eigenvalue weighted by atomic mass is 32.2. The number of benzene rings is 1. The summed E-state index contributed by atoms with van der Waals surface area (Å²) < 4.78 is 37.8. The maximum Gasteiger partial charge on any atom is 0.409 e. The van der Waals surface area contributed by atoms with E-state index in [1.54, 1.807) is 14.0 Å². The number of sulfonamides is 1. The van der Waals surface area contributed by atoms with E-state index in [0.29, 0.717) is 18.0 Å². The Morgan fingerprint density at radius 1 is 1.13 bits per heavy atom. The highest BCUT2D eigenvalue weighted by molar-refractivity contribution is 7.89. The largest absolute Gasteiger partial charge is 0.462 e. The molecule has 206 valence electrons. The van der Waals surface area contributed by atoms with Gasteiger partial charge in [0.2, 0.25) is 10.0 Å². The van der Waals surface area contributed by atoms with Gasteiger partial charge in [0.25, 0.3) is 5.91 Å². The van der Waals surface area contributed by atoms with Crippen molar-refractivity contribution in [3.8, 4) is 0 Å². The third-order valence-corrected chi connectivity index (χ3v) is 10.1. The smallest absolute Gasteiger partial charge is 0.409 e. The summed E-state index contributed by atoms with van der Waals surface area (Å²) >= 11 is 1.21. The van der Waals surface area contributed by atoms with E-state index >= 15 is 0 Å². The van der Waals surface area contributed by atoms with Crippen LogP contribution in [0.25, 0.3) is 0 Å². The molecule has 2 heterocycles. The molecule has 1 saturated carbocycles. The normalized spacial score (nSPS) is 16.2. The number of ether oxygens (including phenoxy) is 2. The van der Waals surface area contributed by atoms with Crippen molar-refractivity contribution < 1.29 is 32.3 Å². The van der Waals surface area contributed by atoms with Crippen molar-refractivity contribution in [3.05, 3.63) is 45.8 Å². The van der Waals surface area contributed by atoms with Crippen molar-refractivity contribution in [1.82, 2.24) is 9.21 Å². The first-order valence-corrected chi connectivity index (χ1v) is 15.0. The molecule has 1 aromatic carbocycles. The number of hydrogen-bond acceptors (Lipinski definition) is 8. The van der Waals surface area contributed by atoms with E-state index in [1.165, 1.54) is 51.9 Å². The Hall–Kier alpha value is -2.96. The number of carbonyl (C=O) groups excluding carboxylic acids is 3. The summed E-state index contributed by atoms with van der Waals surface area (Å²) in [5.41, 5.74) is 1.29. The molecule has 2 amide bonds. The van der Waals surface area contributed by atoms with Gasteiger partial charge >= 0.3 is 12.1 Å². The van der Waals surface area contributed by atoms with Gasteiger partial charge in [-0.1, -0.05) is 19.3 Å². The molecule has 1 aliphatic heterocycles. The number of carbonyl (C=O) groups is 3. The van der Waals surface area contributed by atoms with Crippen LogP contribution in [0.3, 0.4) is 0 Å². The minimum absolute atomic E-state index is 0.0157. The van der Waals surface area contributed by atoms with Crippen LogP contribution >= 0.6 is 11.3 Å². The monoisotopic (exact) mass is 563 g/mol. The van der Waals surface area contributed by atoms with Gasteiger partial charge in [0.05, 0.1) is 30.7 Å². The van der Waals surface area contributed by atoms with E-state index in [9.17, 15) is 22.8 Å². The van der Waals surface area contributed by atoms with Crippen molar-refractivity contribution in [1.29, 1.82) is 0 Å². The maximum atomic E-state index is 13.1. The van der Waals surface area contributed by atoms with Crippen LogP contribution in [0.4, 0.5) is 9.80 Å². The van der Waals surface area contributed by atoms with Crippen LogP contribution in [-0.4, -0.2) is 68.9 Å². The van der Waals surface area contributed by atoms with Gasteiger partial charge in [0.1, 0.15) is 5.00 Å². The van der Waals surface area contributed by atoms with Crippen LogP contribution in [0.15, 0.2) is 29.2 Å². The third-order valence-electron chi connectivity index (χ3n) is 7.08. The van der Waals surface area contributed by atoms with Gasteiger partial charge in [-0.2, -0.15) is 4.31 Å². The topological polar surface area (TPSA) is 122 Å². The molecule has 4 rings (SSSR count). The Balaban J connectivity index is 1.54. The summed E-state index contributed by atoms with van der Waals surface area (Å²) in [6, 6.07) is 5.78. The molecule has 1 aliphatic carbocycles. The molecular weight excluding hydrogens is 530 g/mol. The molecule has 0 radical (unpaired) electrons. The molecule has 38 heavy (non-hydrogen) atoms. The first-order chi connectivity index (χ1) is 18.2. The van der Waals surface area contributed by atoms with E-state index in [2.05, 4.69) is 5.32 Å². The predicted octanol–water partition coefficient (Wildman–Crippen LogP) is 4.25. The van der Waals surface area contributed by atoms with Crippen molar-refractivity contribution in [2.75, 3.05) is 32.6 Å². The maximum absolute atomic E-state index is 13.1. The van der Waals surface area contributed by atoms with Crippen LogP contribution in [-0.2, 0) is 32.5 Å². The highest BCUT2D eigenvalue weighted by Crippen LogP contribution is 2.38. The quantitative estimate of drug-likeness (QED) is 0.500. The zero-order valence-corrected chi connectivity index (χ0v) is 23.5. The summed E-state index contributed by atoms with van der Waals surface area (Å²) in [5.74, 6) is -1.03. The van der Waals surface area contributed by atoms with Crippen molar-refractivity contribution >= 4 is 44.3 Å². The molecule has 12 heteroatoms. The molecule has 1 aromatic heterocycles. The number of methoxy groups -OCH3 is 1. The van der Waals surface area contributed by atoms with Gasteiger partial charge in [-0.05, 0) is 56.0 Å². The lowest BCUT2D eigenvalue weighted by Crippen LogP contribution is -2.38. The van der Waals surface area contributed by atoms with Crippen LogP contribution < -0.4 is 5.32 Å². The lowest BCUT2D eigenvalue weighted by atomic mass is 9.96. The van der Waals surface area contributed by atoms with Gasteiger partial charge in [-0.15, -0.1) is 11.3 Å². The van der Waals surface area contributed by atoms with E-state index < -0.39 is 28.0 Å². The van der Waals surface area contributed by atoms with E-state index in [4.69, 9.17) is 9.47 Å². The second kappa shape index (κ2) is 11.8. The zero-order chi connectivity index (χ0) is 27.4. The minimum Gasteiger partial charge on any atom is -0.462 e. The van der Waals surface area contributed by atoms with Gasteiger partial charge in [0.15, 0.2) is 0 Å². The first-order valence-electron chi connectivity index (χ1n) is 12.7. The van der Waals surface area contributed by atoms with Crippen LogP contribution in [0, 0.1) is 0 Å². The molecule has 2 aliphatic rings. The van der Waals surface area contributed by atoms with E-state index in [1.807, 2.05) is 0 Å². The number of rotatable bonds is 7. The molecular formula is C26H33N3O7S2.